The Morgan fingerprint density at radius 2 is 1.92 bits per heavy atom. The van der Waals surface area contributed by atoms with Crippen molar-refractivity contribution in [3.8, 4) is 0 Å². The average Bonchev–Trinajstić information content (AvgIpc) is 1.97. The van der Waals surface area contributed by atoms with Crippen molar-refractivity contribution in [2.75, 3.05) is 6.61 Å². The van der Waals surface area contributed by atoms with Gasteiger partial charge in [0.15, 0.2) is 0 Å². The van der Waals surface area contributed by atoms with Gasteiger partial charge in [-0.25, -0.2) is 0 Å². The van der Waals surface area contributed by atoms with Gasteiger partial charge in [0.2, 0.25) is 0 Å². The maximum absolute atomic E-state index is 9.58. The van der Waals surface area contributed by atoms with E-state index in [0.29, 0.717) is 0 Å². The third kappa shape index (κ3) is 4.04. The lowest BCUT2D eigenvalue weighted by Gasteiger charge is -2.30. The van der Waals surface area contributed by atoms with Crippen LogP contribution in [0.2, 0.25) is 0 Å². The highest BCUT2D eigenvalue weighted by Crippen LogP contribution is 2.08. The number of hydrogen-bond acceptors (Lipinski definition) is 3. The van der Waals surface area contributed by atoms with E-state index in [1.807, 2.05) is 13.8 Å². The van der Waals surface area contributed by atoms with E-state index in [1.165, 1.54) is 0 Å². The summed E-state index contributed by atoms with van der Waals surface area (Å²) >= 11 is 0. The molecule has 3 heteroatoms. The van der Waals surface area contributed by atoms with Crippen LogP contribution in [-0.4, -0.2) is 34.5 Å². The summed E-state index contributed by atoms with van der Waals surface area (Å²) in [4.78, 5) is 0. The van der Waals surface area contributed by atoms with Gasteiger partial charge < -0.3 is 15.5 Å². The third-order valence-corrected chi connectivity index (χ3v) is 2.26. The fraction of sp³-hybridized carbons (Fsp3) is 1.00. The number of aliphatic hydroxyl groups excluding tert-OH is 1. The van der Waals surface area contributed by atoms with Crippen LogP contribution < -0.4 is 5.32 Å². The zero-order valence-electron chi connectivity index (χ0n) is 8.46. The molecule has 0 aliphatic heterocycles. The van der Waals surface area contributed by atoms with Gasteiger partial charge in [-0.15, -0.1) is 0 Å². The highest BCUT2D eigenvalue weighted by atomic mass is 16.3. The van der Waals surface area contributed by atoms with Gasteiger partial charge in [0.1, 0.15) is 0 Å². The first-order valence-corrected chi connectivity index (χ1v) is 4.51. The molecule has 3 N–H and O–H groups in total. The SMILES string of the molecule is CCC(CO)NC(C)C(C)(C)O. The number of hydrogen-bond donors (Lipinski definition) is 3. The van der Waals surface area contributed by atoms with Gasteiger partial charge in [0, 0.05) is 12.1 Å². The molecule has 0 saturated carbocycles. The smallest absolute Gasteiger partial charge is 0.0741 e. The van der Waals surface area contributed by atoms with Gasteiger partial charge in [0.05, 0.1) is 12.2 Å². The van der Waals surface area contributed by atoms with Crippen molar-refractivity contribution < 1.29 is 10.2 Å². The summed E-state index contributed by atoms with van der Waals surface area (Å²) in [5, 5.41) is 21.6. The first kappa shape index (κ1) is 11.9. The van der Waals surface area contributed by atoms with Gasteiger partial charge in [-0.1, -0.05) is 6.92 Å². The fourth-order valence-corrected chi connectivity index (χ4v) is 0.857. The molecule has 2 atom stereocenters. The molecule has 12 heavy (non-hydrogen) atoms. The highest BCUT2D eigenvalue weighted by molar-refractivity contribution is 4.82. The molecule has 0 saturated heterocycles. The van der Waals surface area contributed by atoms with Crippen molar-refractivity contribution in [1.29, 1.82) is 0 Å². The first-order chi connectivity index (χ1) is 5.41. The third-order valence-electron chi connectivity index (χ3n) is 2.26. The Balaban J connectivity index is 3.90. The Labute approximate surface area is 74.8 Å². The van der Waals surface area contributed by atoms with Gasteiger partial charge in [-0.2, -0.15) is 0 Å². The van der Waals surface area contributed by atoms with Gasteiger partial charge in [-0.05, 0) is 27.2 Å². The van der Waals surface area contributed by atoms with Crippen molar-refractivity contribution in [3.05, 3.63) is 0 Å². The predicted octanol–water partition coefficient (Wildman–Crippen LogP) is 0.506. The molecule has 3 nitrogen and oxygen atoms in total. The van der Waals surface area contributed by atoms with E-state index in [4.69, 9.17) is 5.11 Å². The van der Waals surface area contributed by atoms with Crippen molar-refractivity contribution in [1.82, 2.24) is 5.32 Å². The topological polar surface area (TPSA) is 52.5 Å². The van der Waals surface area contributed by atoms with Crippen LogP contribution in [0.5, 0.6) is 0 Å². The van der Waals surface area contributed by atoms with Crippen LogP contribution in [-0.2, 0) is 0 Å². The van der Waals surface area contributed by atoms with Crippen molar-refractivity contribution in [3.63, 3.8) is 0 Å². The molecule has 74 valence electrons. The largest absolute Gasteiger partial charge is 0.395 e. The zero-order chi connectivity index (χ0) is 9.78. The van der Waals surface area contributed by atoms with Crippen molar-refractivity contribution in [2.24, 2.45) is 0 Å². The molecule has 0 aromatic carbocycles. The maximum atomic E-state index is 9.58. The maximum Gasteiger partial charge on any atom is 0.0741 e. The minimum atomic E-state index is -0.734. The monoisotopic (exact) mass is 175 g/mol. The summed E-state index contributed by atoms with van der Waals surface area (Å²) < 4.78 is 0. The Morgan fingerprint density at radius 3 is 2.17 bits per heavy atom. The number of aliphatic hydroxyl groups is 2. The van der Waals surface area contributed by atoms with Crippen LogP contribution in [0.25, 0.3) is 0 Å². The number of rotatable bonds is 5. The minimum absolute atomic E-state index is 0.00500. The molecule has 0 aliphatic rings. The lowest BCUT2D eigenvalue weighted by molar-refractivity contribution is 0.0359. The first-order valence-electron chi connectivity index (χ1n) is 4.51. The summed E-state index contributed by atoms with van der Waals surface area (Å²) in [6, 6.07) is 0.0843. The Morgan fingerprint density at radius 1 is 1.42 bits per heavy atom. The van der Waals surface area contributed by atoms with E-state index in [2.05, 4.69) is 5.32 Å². The lowest BCUT2D eigenvalue weighted by atomic mass is 9.99. The summed E-state index contributed by atoms with van der Waals surface area (Å²) in [7, 11) is 0. The molecule has 0 rings (SSSR count). The molecule has 0 amide bonds. The summed E-state index contributed by atoms with van der Waals surface area (Å²) in [5.41, 5.74) is -0.734. The molecule has 0 radical (unpaired) electrons. The van der Waals surface area contributed by atoms with Gasteiger partial charge in [-0.3, -0.25) is 0 Å². The molecule has 0 heterocycles. The van der Waals surface area contributed by atoms with E-state index in [1.54, 1.807) is 13.8 Å². The molecular formula is C9H21NO2. The summed E-state index contributed by atoms with van der Waals surface area (Å²) in [6.45, 7) is 7.56. The summed E-state index contributed by atoms with van der Waals surface area (Å²) in [6.07, 6.45) is 0.872. The lowest BCUT2D eigenvalue weighted by Crippen LogP contribution is -2.49. The van der Waals surface area contributed by atoms with Crippen LogP contribution in [0.3, 0.4) is 0 Å². The number of nitrogens with one attached hydrogen (secondary N) is 1. The van der Waals surface area contributed by atoms with Gasteiger partial charge in [0.25, 0.3) is 0 Å². The van der Waals surface area contributed by atoms with Gasteiger partial charge >= 0.3 is 0 Å². The second kappa shape index (κ2) is 4.80. The molecule has 0 bridgehead atoms. The summed E-state index contributed by atoms with van der Waals surface area (Å²) in [5.74, 6) is 0. The van der Waals surface area contributed by atoms with E-state index in [0.717, 1.165) is 6.42 Å². The quantitative estimate of drug-likeness (QED) is 0.570. The van der Waals surface area contributed by atoms with Crippen LogP contribution in [0.15, 0.2) is 0 Å². The van der Waals surface area contributed by atoms with Crippen molar-refractivity contribution >= 4 is 0 Å². The van der Waals surface area contributed by atoms with E-state index >= 15 is 0 Å². The molecular weight excluding hydrogens is 154 g/mol. The van der Waals surface area contributed by atoms with Crippen molar-refractivity contribution in [2.45, 2.75) is 51.8 Å². The Kier molecular flexibility index (Phi) is 4.75. The second-order valence-corrected chi connectivity index (χ2v) is 3.83. The highest BCUT2D eigenvalue weighted by Gasteiger charge is 2.23. The second-order valence-electron chi connectivity index (χ2n) is 3.83. The average molecular weight is 175 g/mol. The van der Waals surface area contributed by atoms with Crippen LogP contribution in [0, 0.1) is 0 Å². The Hall–Kier alpha value is -0.120. The van der Waals surface area contributed by atoms with Crippen LogP contribution in [0.1, 0.15) is 34.1 Å². The molecule has 0 aromatic heterocycles. The molecule has 0 aliphatic carbocycles. The van der Waals surface area contributed by atoms with Crippen LogP contribution in [0.4, 0.5) is 0 Å². The molecule has 0 spiro atoms. The molecule has 0 fully saturated rings. The zero-order valence-corrected chi connectivity index (χ0v) is 8.46. The molecule has 2 unspecified atom stereocenters. The fourth-order valence-electron chi connectivity index (χ4n) is 0.857. The molecule has 0 aromatic rings. The minimum Gasteiger partial charge on any atom is -0.395 e. The van der Waals surface area contributed by atoms with Crippen LogP contribution >= 0.6 is 0 Å². The Bertz CT molecular complexity index is 116. The van der Waals surface area contributed by atoms with E-state index in [-0.39, 0.29) is 18.7 Å². The predicted molar refractivity (Wildman–Crippen MR) is 50.1 cm³/mol. The normalized spacial score (nSPS) is 17.5. The van der Waals surface area contributed by atoms with E-state index in [9.17, 15) is 5.11 Å². The van der Waals surface area contributed by atoms with E-state index < -0.39 is 5.60 Å². The standard InChI is InChI=1S/C9H21NO2/c1-5-8(6-11)10-7(2)9(3,4)12/h7-8,10-12H,5-6H2,1-4H3.